The molecule has 17 heavy (non-hydrogen) atoms. The van der Waals surface area contributed by atoms with Gasteiger partial charge >= 0.3 is 0 Å². The molecular formula is C14H14N2O. The molecule has 1 aliphatic rings. The molecule has 1 aliphatic carbocycles. The van der Waals surface area contributed by atoms with Crippen molar-refractivity contribution in [2.45, 2.75) is 13.8 Å². The lowest BCUT2D eigenvalue weighted by Gasteiger charge is -2.12. The second-order valence-electron chi connectivity index (χ2n) is 4.64. The predicted molar refractivity (Wildman–Crippen MR) is 67.9 cm³/mol. The number of hydrogen-bond acceptors (Lipinski definition) is 3. The smallest absolute Gasteiger partial charge is 0.208 e. The molecule has 0 aromatic carbocycles. The van der Waals surface area contributed by atoms with Gasteiger partial charge in [-0.2, -0.15) is 5.26 Å². The quantitative estimate of drug-likeness (QED) is 0.799. The lowest BCUT2D eigenvalue weighted by atomic mass is 9.93. The molecule has 2 N–H and O–H groups in total. The summed E-state index contributed by atoms with van der Waals surface area (Å²) < 4.78 is 5.37. The molecule has 3 nitrogen and oxygen atoms in total. The highest BCUT2D eigenvalue weighted by atomic mass is 16.4. The molecule has 1 aromatic rings. The van der Waals surface area contributed by atoms with Crippen LogP contribution in [-0.2, 0) is 0 Å². The molecule has 0 bridgehead atoms. The standard InChI is InChI=1S/C14H14N2O/c1-14(2)6-3-4-10(5-7-14)12-8-11(9-15)13(16)17-12/h3-8H,16H2,1-2H3. The van der Waals surface area contributed by atoms with Gasteiger partial charge in [0.2, 0.25) is 5.88 Å². The summed E-state index contributed by atoms with van der Waals surface area (Å²) in [6, 6.07) is 3.66. The van der Waals surface area contributed by atoms with E-state index in [2.05, 4.69) is 26.0 Å². The Morgan fingerprint density at radius 2 is 2.12 bits per heavy atom. The number of nitrogens with two attached hydrogens (primary N) is 1. The van der Waals surface area contributed by atoms with Crippen molar-refractivity contribution >= 4 is 11.5 Å². The molecule has 1 heterocycles. The Bertz CT molecular complexity index is 566. The van der Waals surface area contributed by atoms with Crippen LogP contribution in [0.5, 0.6) is 0 Å². The van der Waals surface area contributed by atoms with E-state index in [9.17, 15) is 0 Å². The van der Waals surface area contributed by atoms with Crippen LogP contribution in [0.1, 0.15) is 25.2 Å². The van der Waals surface area contributed by atoms with Gasteiger partial charge in [-0.25, -0.2) is 0 Å². The van der Waals surface area contributed by atoms with E-state index >= 15 is 0 Å². The third kappa shape index (κ3) is 2.31. The highest BCUT2D eigenvalue weighted by Crippen LogP contribution is 2.29. The van der Waals surface area contributed by atoms with Crippen LogP contribution in [0.25, 0.3) is 5.57 Å². The number of hydrogen-bond donors (Lipinski definition) is 1. The number of nitrogen functional groups attached to an aromatic ring is 1. The lowest BCUT2D eigenvalue weighted by Crippen LogP contribution is -2.00. The first-order valence-electron chi connectivity index (χ1n) is 5.40. The molecule has 0 saturated carbocycles. The van der Waals surface area contributed by atoms with Crippen molar-refractivity contribution < 1.29 is 4.42 Å². The van der Waals surface area contributed by atoms with E-state index in [1.807, 2.05) is 24.3 Å². The first kappa shape index (κ1) is 11.3. The zero-order valence-electron chi connectivity index (χ0n) is 9.90. The molecule has 0 unspecified atom stereocenters. The summed E-state index contributed by atoms with van der Waals surface area (Å²) in [4.78, 5) is 0. The van der Waals surface area contributed by atoms with Gasteiger partial charge in [-0.1, -0.05) is 44.2 Å². The third-order valence-corrected chi connectivity index (χ3v) is 2.66. The fourth-order valence-electron chi connectivity index (χ4n) is 1.61. The molecule has 0 amide bonds. The van der Waals surface area contributed by atoms with E-state index in [1.54, 1.807) is 6.07 Å². The number of allylic oxidation sites excluding steroid dienone is 6. The van der Waals surface area contributed by atoms with Gasteiger partial charge in [0, 0.05) is 17.1 Å². The third-order valence-electron chi connectivity index (χ3n) is 2.66. The second kappa shape index (κ2) is 3.99. The maximum atomic E-state index is 8.83. The van der Waals surface area contributed by atoms with Gasteiger partial charge in [-0.15, -0.1) is 0 Å². The van der Waals surface area contributed by atoms with E-state index in [-0.39, 0.29) is 11.3 Å². The predicted octanol–water partition coefficient (Wildman–Crippen LogP) is 3.27. The molecule has 0 radical (unpaired) electrons. The van der Waals surface area contributed by atoms with Gasteiger partial charge in [0.15, 0.2) is 0 Å². The molecule has 0 saturated heterocycles. The monoisotopic (exact) mass is 226 g/mol. The minimum absolute atomic E-state index is 0.0223. The molecule has 0 spiro atoms. The van der Waals surface area contributed by atoms with Gasteiger partial charge in [-0.3, -0.25) is 0 Å². The van der Waals surface area contributed by atoms with Crippen LogP contribution in [0.2, 0.25) is 0 Å². The number of nitriles is 1. The average molecular weight is 226 g/mol. The Morgan fingerprint density at radius 1 is 1.35 bits per heavy atom. The molecular weight excluding hydrogens is 212 g/mol. The normalized spacial score (nSPS) is 17.4. The molecule has 1 aromatic heterocycles. The largest absolute Gasteiger partial charge is 0.440 e. The Labute approximate surface area is 101 Å². The van der Waals surface area contributed by atoms with Crippen molar-refractivity contribution in [1.82, 2.24) is 0 Å². The van der Waals surface area contributed by atoms with Crippen molar-refractivity contribution in [3.05, 3.63) is 47.8 Å². The number of anilines is 1. The van der Waals surface area contributed by atoms with Crippen LogP contribution in [0.4, 0.5) is 5.88 Å². The summed E-state index contributed by atoms with van der Waals surface area (Å²) in [5, 5.41) is 8.83. The van der Waals surface area contributed by atoms with E-state index in [0.29, 0.717) is 11.3 Å². The lowest BCUT2D eigenvalue weighted by molar-refractivity contribution is 0.573. The molecule has 3 heteroatoms. The maximum Gasteiger partial charge on any atom is 0.208 e. The summed E-state index contributed by atoms with van der Waals surface area (Å²) in [6.07, 6.45) is 10.1. The minimum atomic E-state index is 0.0223. The first-order chi connectivity index (χ1) is 8.02. The van der Waals surface area contributed by atoms with Crippen LogP contribution in [0.15, 0.2) is 40.9 Å². The fraction of sp³-hybridized carbons (Fsp3) is 0.214. The summed E-state index contributed by atoms with van der Waals surface area (Å²) >= 11 is 0. The molecule has 86 valence electrons. The molecule has 0 aliphatic heterocycles. The van der Waals surface area contributed by atoms with Gasteiger partial charge < -0.3 is 10.2 Å². The van der Waals surface area contributed by atoms with Crippen LogP contribution in [-0.4, -0.2) is 0 Å². The summed E-state index contributed by atoms with van der Waals surface area (Å²) in [6.45, 7) is 4.24. The highest BCUT2D eigenvalue weighted by Gasteiger charge is 2.14. The zero-order valence-corrected chi connectivity index (χ0v) is 9.90. The zero-order chi connectivity index (χ0) is 12.5. The second-order valence-corrected chi connectivity index (χ2v) is 4.64. The van der Waals surface area contributed by atoms with Crippen LogP contribution in [0, 0.1) is 16.7 Å². The number of nitrogens with zero attached hydrogens (tertiary/aromatic N) is 1. The number of rotatable bonds is 1. The van der Waals surface area contributed by atoms with Crippen molar-refractivity contribution in [2.75, 3.05) is 5.73 Å². The van der Waals surface area contributed by atoms with E-state index in [0.717, 1.165) is 5.57 Å². The summed E-state index contributed by atoms with van der Waals surface area (Å²) in [5.41, 5.74) is 6.91. The van der Waals surface area contributed by atoms with Crippen molar-refractivity contribution in [3.8, 4) is 6.07 Å². The minimum Gasteiger partial charge on any atom is -0.440 e. The summed E-state index contributed by atoms with van der Waals surface area (Å²) in [7, 11) is 0. The Kier molecular flexibility index (Phi) is 2.64. The summed E-state index contributed by atoms with van der Waals surface area (Å²) in [5.74, 6) is 0.793. The SMILES string of the molecule is CC1(C)C=CC=C(c2cc(C#N)c(N)o2)C=C1. The van der Waals surface area contributed by atoms with Gasteiger partial charge in [0.1, 0.15) is 17.4 Å². The first-order valence-corrected chi connectivity index (χ1v) is 5.40. The molecule has 0 atom stereocenters. The van der Waals surface area contributed by atoms with Gasteiger partial charge in [0.25, 0.3) is 0 Å². The highest BCUT2D eigenvalue weighted by molar-refractivity contribution is 5.75. The molecule has 0 fully saturated rings. The van der Waals surface area contributed by atoms with E-state index in [1.165, 1.54) is 0 Å². The van der Waals surface area contributed by atoms with Crippen molar-refractivity contribution in [1.29, 1.82) is 5.26 Å². The Hall–Kier alpha value is -2.21. The van der Waals surface area contributed by atoms with E-state index < -0.39 is 0 Å². The molecule has 2 rings (SSSR count). The number of furan rings is 1. The average Bonchev–Trinajstić information content (AvgIpc) is 2.54. The Balaban J connectivity index is 2.39. The van der Waals surface area contributed by atoms with Crippen LogP contribution < -0.4 is 5.73 Å². The van der Waals surface area contributed by atoms with Crippen molar-refractivity contribution in [3.63, 3.8) is 0 Å². The topological polar surface area (TPSA) is 63.0 Å². The van der Waals surface area contributed by atoms with E-state index in [4.69, 9.17) is 15.4 Å². The van der Waals surface area contributed by atoms with Gasteiger partial charge in [0.05, 0.1) is 0 Å². The van der Waals surface area contributed by atoms with Crippen LogP contribution in [0.3, 0.4) is 0 Å². The van der Waals surface area contributed by atoms with Crippen molar-refractivity contribution in [2.24, 2.45) is 5.41 Å². The van der Waals surface area contributed by atoms with Crippen LogP contribution >= 0.6 is 0 Å². The Morgan fingerprint density at radius 3 is 2.76 bits per heavy atom. The maximum absolute atomic E-state index is 8.83. The van der Waals surface area contributed by atoms with Gasteiger partial charge in [-0.05, 0) is 0 Å². The fourth-order valence-corrected chi connectivity index (χ4v) is 1.61.